The molecule has 0 unspecified atom stereocenters. The number of nitrogens with zero attached hydrogens (tertiary/aromatic N) is 7. The number of hydrogen-bond donors (Lipinski definition) is 1. The average Bonchev–Trinajstić information content (AvgIpc) is 3.45. The van der Waals surface area contributed by atoms with Crippen molar-refractivity contribution in [2.75, 3.05) is 44.7 Å². The molecule has 2 aliphatic heterocycles. The molecule has 2 saturated heterocycles. The predicted octanol–water partition coefficient (Wildman–Crippen LogP) is 2.67. The quantitative estimate of drug-likeness (QED) is 0.531. The van der Waals surface area contributed by atoms with E-state index in [4.69, 9.17) is 26.6 Å². The number of imidazole rings is 1. The molecule has 0 spiro atoms. The number of benzene rings is 1. The summed E-state index contributed by atoms with van der Waals surface area (Å²) < 4.78 is 22.3. The van der Waals surface area contributed by atoms with Crippen LogP contribution in [0.15, 0.2) is 24.4 Å². The molecule has 0 saturated carbocycles. The molecule has 0 amide bonds. The maximum atomic E-state index is 14.5. The molecule has 184 valence electrons. The summed E-state index contributed by atoms with van der Waals surface area (Å²) in [5.74, 6) is 0.272. The molecule has 2 aliphatic rings. The first kappa shape index (κ1) is 23.7. The van der Waals surface area contributed by atoms with Gasteiger partial charge in [0.1, 0.15) is 12.4 Å². The number of halogens is 2. The van der Waals surface area contributed by atoms with E-state index < -0.39 is 0 Å². The number of hydrogen-bond acceptors (Lipinski definition) is 8. The molecule has 3 aromatic rings. The smallest absolute Gasteiger partial charge is 0.336 e. The molecule has 2 aromatic heterocycles. The SMILES string of the molecule is CN1CCC[C@H]1COc1nc(N2CCN[C@@H](CC#N)C2)c2ncc(Cc3c(F)cccc3Cl)n2n1. The van der Waals surface area contributed by atoms with E-state index in [9.17, 15) is 4.39 Å². The number of ether oxygens (including phenoxy) is 1. The number of fused-ring (bicyclic) bond motifs is 1. The van der Waals surface area contributed by atoms with Crippen molar-refractivity contribution in [1.82, 2.24) is 29.8 Å². The van der Waals surface area contributed by atoms with E-state index in [1.54, 1.807) is 22.8 Å². The second-order valence-corrected chi connectivity index (χ2v) is 9.53. The summed E-state index contributed by atoms with van der Waals surface area (Å²) in [6.45, 7) is 3.59. The monoisotopic (exact) mass is 498 g/mol. The van der Waals surface area contributed by atoms with Gasteiger partial charge in [0.15, 0.2) is 11.5 Å². The maximum absolute atomic E-state index is 14.5. The van der Waals surface area contributed by atoms with Crippen molar-refractivity contribution >= 4 is 23.1 Å². The fourth-order valence-electron chi connectivity index (χ4n) is 4.80. The highest BCUT2D eigenvalue weighted by Crippen LogP contribution is 2.27. The molecule has 35 heavy (non-hydrogen) atoms. The zero-order chi connectivity index (χ0) is 24.4. The van der Waals surface area contributed by atoms with Gasteiger partial charge in [-0.15, -0.1) is 5.10 Å². The summed E-state index contributed by atoms with van der Waals surface area (Å²) in [7, 11) is 2.10. The van der Waals surface area contributed by atoms with Crippen molar-refractivity contribution in [2.45, 2.75) is 37.8 Å². The molecule has 0 aliphatic carbocycles. The Hall–Kier alpha value is -3.00. The van der Waals surface area contributed by atoms with Crippen molar-refractivity contribution in [1.29, 1.82) is 5.26 Å². The molecule has 9 nitrogen and oxygen atoms in total. The molecule has 1 aromatic carbocycles. The van der Waals surface area contributed by atoms with Gasteiger partial charge in [-0.3, -0.25) is 0 Å². The highest BCUT2D eigenvalue weighted by atomic mass is 35.5. The predicted molar refractivity (Wildman–Crippen MR) is 130 cm³/mol. The minimum Gasteiger partial charge on any atom is -0.461 e. The Morgan fingerprint density at radius 1 is 1.34 bits per heavy atom. The molecule has 2 fully saturated rings. The van der Waals surface area contributed by atoms with E-state index in [0.29, 0.717) is 59.9 Å². The summed E-state index contributed by atoms with van der Waals surface area (Å²) in [6.07, 6.45) is 4.53. The molecule has 0 bridgehead atoms. The van der Waals surface area contributed by atoms with Crippen LogP contribution in [0.2, 0.25) is 5.02 Å². The van der Waals surface area contributed by atoms with Crippen LogP contribution in [0.25, 0.3) is 5.65 Å². The van der Waals surface area contributed by atoms with Gasteiger partial charge < -0.3 is 19.9 Å². The van der Waals surface area contributed by atoms with Crippen LogP contribution in [0.4, 0.5) is 10.2 Å². The second kappa shape index (κ2) is 10.3. The van der Waals surface area contributed by atoms with Gasteiger partial charge in [0.2, 0.25) is 0 Å². The van der Waals surface area contributed by atoms with E-state index in [1.807, 2.05) is 0 Å². The van der Waals surface area contributed by atoms with Crippen LogP contribution in [-0.4, -0.2) is 76.4 Å². The van der Waals surface area contributed by atoms with Crippen LogP contribution in [0.5, 0.6) is 6.01 Å². The third kappa shape index (κ3) is 5.03. The summed E-state index contributed by atoms with van der Waals surface area (Å²) in [6, 6.07) is 7.49. The normalized spacial score (nSPS) is 20.9. The van der Waals surface area contributed by atoms with E-state index >= 15 is 0 Å². The molecule has 2 atom stereocenters. The summed E-state index contributed by atoms with van der Waals surface area (Å²) in [5.41, 5.74) is 1.64. The van der Waals surface area contributed by atoms with Gasteiger partial charge in [0.25, 0.3) is 0 Å². The zero-order valence-corrected chi connectivity index (χ0v) is 20.4. The van der Waals surface area contributed by atoms with E-state index in [0.717, 1.165) is 25.9 Å². The lowest BCUT2D eigenvalue weighted by Gasteiger charge is -2.33. The maximum Gasteiger partial charge on any atom is 0.336 e. The molecule has 5 rings (SSSR count). The number of nitriles is 1. The molecule has 1 N–H and O–H groups in total. The lowest BCUT2D eigenvalue weighted by molar-refractivity contribution is 0.185. The Labute approximate surface area is 208 Å². The first-order chi connectivity index (χ1) is 17.0. The lowest BCUT2D eigenvalue weighted by atomic mass is 10.1. The van der Waals surface area contributed by atoms with Gasteiger partial charge in [-0.05, 0) is 38.6 Å². The number of likely N-dealkylation sites (tertiary alicyclic amines) is 1. The van der Waals surface area contributed by atoms with Crippen molar-refractivity contribution in [3.05, 3.63) is 46.5 Å². The Balaban J connectivity index is 1.51. The number of aromatic nitrogens is 4. The number of nitrogens with one attached hydrogen (secondary N) is 1. The summed E-state index contributed by atoms with van der Waals surface area (Å²) >= 11 is 6.29. The van der Waals surface area contributed by atoms with Crippen LogP contribution in [0, 0.1) is 17.1 Å². The van der Waals surface area contributed by atoms with Gasteiger partial charge in [0.05, 0.1) is 24.4 Å². The van der Waals surface area contributed by atoms with Crippen LogP contribution in [0.3, 0.4) is 0 Å². The fraction of sp³-hybridized carbons (Fsp3) is 0.500. The highest BCUT2D eigenvalue weighted by molar-refractivity contribution is 6.31. The van der Waals surface area contributed by atoms with Crippen molar-refractivity contribution in [3.8, 4) is 12.1 Å². The topological polar surface area (TPSA) is 94.6 Å². The van der Waals surface area contributed by atoms with Gasteiger partial charge in [-0.2, -0.15) is 10.2 Å². The highest BCUT2D eigenvalue weighted by Gasteiger charge is 2.26. The first-order valence-electron chi connectivity index (χ1n) is 11.9. The summed E-state index contributed by atoms with van der Waals surface area (Å²) in [5, 5.41) is 17.5. The Morgan fingerprint density at radius 2 is 2.23 bits per heavy atom. The Kier molecular flexibility index (Phi) is 7.00. The number of rotatable bonds is 7. The van der Waals surface area contributed by atoms with E-state index in [1.165, 1.54) is 6.07 Å². The number of likely N-dealkylation sites (N-methyl/N-ethyl adjacent to an activating group) is 1. The molecule has 4 heterocycles. The van der Waals surface area contributed by atoms with Gasteiger partial charge >= 0.3 is 6.01 Å². The van der Waals surface area contributed by atoms with E-state index in [2.05, 4.69) is 38.3 Å². The molecular weight excluding hydrogens is 471 g/mol. The number of anilines is 1. The zero-order valence-electron chi connectivity index (χ0n) is 19.6. The van der Waals surface area contributed by atoms with Gasteiger partial charge in [-0.25, -0.2) is 13.9 Å². The van der Waals surface area contributed by atoms with Gasteiger partial charge in [-0.1, -0.05) is 17.7 Å². The molecule has 0 radical (unpaired) electrons. The standard InChI is InChI=1S/C24H28ClFN8O/c1-32-10-3-4-17(32)15-35-24-30-23(33-11-9-28-16(14-33)7-8-27)22-29-13-18(34(22)31-24)12-19-20(25)5-2-6-21(19)26/h2,5-6,13,16-17,28H,3-4,7,9-12,14-15H2,1H3/t16-,17-/m0/s1. The third-order valence-corrected chi connectivity index (χ3v) is 7.14. The molecular formula is C24H28ClFN8O. The van der Waals surface area contributed by atoms with E-state index in [-0.39, 0.29) is 24.3 Å². The number of piperazine rings is 1. The van der Waals surface area contributed by atoms with Crippen LogP contribution >= 0.6 is 11.6 Å². The minimum absolute atomic E-state index is 0.0342. The van der Waals surface area contributed by atoms with Crippen molar-refractivity contribution in [3.63, 3.8) is 0 Å². The van der Waals surface area contributed by atoms with Crippen molar-refractivity contribution in [2.24, 2.45) is 0 Å². The van der Waals surface area contributed by atoms with Crippen LogP contribution < -0.4 is 15.0 Å². The Morgan fingerprint density at radius 3 is 3.00 bits per heavy atom. The van der Waals surface area contributed by atoms with Crippen LogP contribution in [0.1, 0.15) is 30.5 Å². The average molecular weight is 499 g/mol. The lowest BCUT2D eigenvalue weighted by Crippen LogP contribution is -2.51. The Bertz CT molecular complexity index is 1220. The van der Waals surface area contributed by atoms with Crippen molar-refractivity contribution < 1.29 is 9.13 Å². The minimum atomic E-state index is -0.371. The van der Waals surface area contributed by atoms with Gasteiger partial charge in [0, 0.05) is 48.7 Å². The second-order valence-electron chi connectivity index (χ2n) is 9.13. The van der Waals surface area contributed by atoms with Crippen LogP contribution in [-0.2, 0) is 6.42 Å². The fourth-order valence-corrected chi connectivity index (χ4v) is 5.02. The largest absolute Gasteiger partial charge is 0.461 e. The first-order valence-corrected chi connectivity index (χ1v) is 12.3. The third-order valence-electron chi connectivity index (χ3n) is 6.78. The molecule has 11 heteroatoms. The summed E-state index contributed by atoms with van der Waals surface area (Å²) in [4.78, 5) is 13.7.